The molecule has 0 spiro atoms. The van der Waals surface area contributed by atoms with Crippen LogP contribution < -0.4 is 10.6 Å². The lowest BCUT2D eigenvalue weighted by molar-refractivity contribution is -0.136. The lowest BCUT2D eigenvalue weighted by Crippen LogP contribution is -2.40. The third-order valence-corrected chi connectivity index (χ3v) is 3.06. The number of carboxylic acid groups (broad SMARTS) is 1. The van der Waals surface area contributed by atoms with E-state index in [1.807, 2.05) is 6.92 Å². The topological polar surface area (TPSA) is 101 Å². The van der Waals surface area contributed by atoms with E-state index in [1.165, 1.54) is 11.3 Å². The number of carboxylic acids is 1. The highest BCUT2D eigenvalue weighted by Gasteiger charge is 2.17. The van der Waals surface area contributed by atoms with E-state index >= 15 is 0 Å². The number of aromatic nitrogens is 1. The van der Waals surface area contributed by atoms with Gasteiger partial charge in [-0.1, -0.05) is 0 Å². The van der Waals surface area contributed by atoms with Gasteiger partial charge in [0, 0.05) is 18.0 Å². The minimum atomic E-state index is -0.910. The van der Waals surface area contributed by atoms with E-state index in [0.29, 0.717) is 17.4 Å². The quantitative estimate of drug-likeness (QED) is 0.743. The Morgan fingerprint density at radius 3 is 2.71 bits per heavy atom. The van der Waals surface area contributed by atoms with E-state index in [1.54, 1.807) is 26.2 Å². The number of nitrogens with zero attached hydrogens (tertiary/aromatic N) is 1. The van der Waals surface area contributed by atoms with Crippen molar-refractivity contribution in [1.29, 1.82) is 0 Å². The lowest BCUT2D eigenvalue weighted by Gasteiger charge is -2.22. The molecule has 1 atom stereocenters. The van der Waals surface area contributed by atoms with Gasteiger partial charge in [0.2, 0.25) is 0 Å². The molecular formula is C13H21N3O4S. The first-order valence-electron chi connectivity index (χ1n) is 6.55. The number of aliphatic carboxylic acids is 1. The fourth-order valence-corrected chi connectivity index (χ4v) is 2.14. The first kappa shape index (κ1) is 17.2. The second-order valence-electron chi connectivity index (χ2n) is 5.64. The Balaban J connectivity index is 2.35. The zero-order chi connectivity index (χ0) is 16.0. The molecular weight excluding hydrogens is 294 g/mol. The summed E-state index contributed by atoms with van der Waals surface area (Å²) in [5, 5.41) is 16.7. The molecule has 0 saturated carbocycles. The van der Waals surface area contributed by atoms with Crippen LogP contribution in [0.15, 0.2) is 5.38 Å². The van der Waals surface area contributed by atoms with Crippen molar-refractivity contribution in [2.45, 2.75) is 45.8 Å². The number of amides is 1. The standard InChI is InChI=1S/C13H21N3O4S/c1-8(15-12(19)20-13(2,3)4)6-14-11-16-9(7-21-11)5-10(17)18/h7-8H,5-6H2,1-4H3,(H,14,16)(H,15,19)(H,17,18)/t8-/m1/s1. The molecule has 1 amide bonds. The highest BCUT2D eigenvalue weighted by Crippen LogP contribution is 2.15. The molecule has 1 heterocycles. The Labute approximate surface area is 127 Å². The van der Waals surface area contributed by atoms with Gasteiger partial charge in [0.05, 0.1) is 12.1 Å². The molecule has 0 fully saturated rings. The number of nitrogens with one attached hydrogen (secondary N) is 2. The van der Waals surface area contributed by atoms with E-state index in [2.05, 4.69) is 15.6 Å². The maximum Gasteiger partial charge on any atom is 0.407 e. The van der Waals surface area contributed by atoms with Gasteiger partial charge in [0.25, 0.3) is 0 Å². The molecule has 1 aromatic rings. The Kier molecular flexibility index (Phi) is 5.95. The SMILES string of the molecule is C[C@H](CNc1nc(CC(=O)O)cs1)NC(=O)OC(C)(C)C. The van der Waals surface area contributed by atoms with Crippen LogP contribution in [0.4, 0.5) is 9.93 Å². The van der Waals surface area contributed by atoms with E-state index in [0.717, 1.165) is 0 Å². The molecule has 0 saturated heterocycles. The molecule has 7 nitrogen and oxygen atoms in total. The Hall–Kier alpha value is -1.83. The number of carbonyl (C=O) groups excluding carboxylic acids is 1. The summed E-state index contributed by atoms with van der Waals surface area (Å²) >= 11 is 1.33. The van der Waals surface area contributed by atoms with Crippen LogP contribution >= 0.6 is 11.3 Å². The number of hydrogen-bond acceptors (Lipinski definition) is 6. The maximum atomic E-state index is 11.6. The molecule has 8 heteroatoms. The summed E-state index contributed by atoms with van der Waals surface area (Å²) in [4.78, 5) is 26.3. The minimum absolute atomic E-state index is 0.0934. The summed E-state index contributed by atoms with van der Waals surface area (Å²) < 4.78 is 5.15. The Bertz CT molecular complexity index is 496. The summed E-state index contributed by atoms with van der Waals surface area (Å²) in [6, 6.07) is -0.147. The van der Waals surface area contributed by atoms with E-state index in [-0.39, 0.29) is 12.5 Å². The first-order chi connectivity index (χ1) is 9.65. The van der Waals surface area contributed by atoms with Crippen molar-refractivity contribution in [2.75, 3.05) is 11.9 Å². The number of hydrogen-bond donors (Lipinski definition) is 3. The molecule has 118 valence electrons. The molecule has 0 bridgehead atoms. The van der Waals surface area contributed by atoms with E-state index in [9.17, 15) is 9.59 Å². The molecule has 0 radical (unpaired) electrons. The summed E-state index contributed by atoms with van der Waals surface area (Å²) in [7, 11) is 0. The zero-order valence-corrected chi connectivity index (χ0v) is 13.4. The van der Waals surface area contributed by atoms with Crippen LogP contribution in [0, 0.1) is 0 Å². The highest BCUT2D eigenvalue weighted by molar-refractivity contribution is 7.13. The summed E-state index contributed by atoms with van der Waals surface area (Å²) in [5.74, 6) is -0.910. The van der Waals surface area contributed by atoms with Crippen molar-refractivity contribution in [2.24, 2.45) is 0 Å². The van der Waals surface area contributed by atoms with Crippen LogP contribution in [0.5, 0.6) is 0 Å². The van der Waals surface area contributed by atoms with Crippen molar-refractivity contribution in [3.63, 3.8) is 0 Å². The van der Waals surface area contributed by atoms with E-state index in [4.69, 9.17) is 9.84 Å². The number of alkyl carbamates (subject to hydrolysis) is 1. The van der Waals surface area contributed by atoms with Crippen molar-refractivity contribution in [3.8, 4) is 0 Å². The molecule has 1 rings (SSSR count). The average molecular weight is 315 g/mol. The number of ether oxygens (including phenoxy) is 1. The second kappa shape index (κ2) is 7.26. The monoisotopic (exact) mass is 315 g/mol. The van der Waals surface area contributed by atoms with Crippen molar-refractivity contribution >= 4 is 28.5 Å². The molecule has 21 heavy (non-hydrogen) atoms. The highest BCUT2D eigenvalue weighted by atomic mass is 32.1. The first-order valence-corrected chi connectivity index (χ1v) is 7.43. The second-order valence-corrected chi connectivity index (χ2v) is 6.50. The molecule has 0 aromatic carbocycles. The van der Waals surface area contributed by atoms with Gasteiger partial charge in [0.1, 0.15) is 5.60 Å². The lowest BCUT2D eigenvalue weighted by atomic mass is 10.2. The van der Waals surface area contributed by atoms with Gasteiger partial charge >= 0.3 is 12.1 Å². The Morgan fingerprint density at radius 2 is 2.14 bits per heavy atom. The third-order valence-electron chi connectivity index (χ3n) is 2.21. The van der Waals surface area contributed by atoms with Crippen molar-refractivity contribution in [1.82, 2.24) is 10.3 Å². The number of carbonyl (C=O) groups is 2. The summed E-state index contributed by atoms with van der Waals surface area (Å²) in [6.45, 7) is 7.71. The van der Waals surface area contributed by atoms with Gasteiger partial charge in [-0.15, -0.1) is 11.3 Å². The van der Waals surface area contributed by atoms with Gasteiger partial charge in [-0.2, -0.15) is 0 Å². The molecule has 1 aromatic heterocycles. The van der Waals surface area contributed by atoms with Crippen LogP contribution in [0.3, 0.4) is 0 Å². The number of thiazole rings is 1. The normalized spacial score (nSPS) is 12.6. The maximum absolute atomic E-state index is 11.6. The molecule has 0 aliphatic carbocycles. The fourth-order valence-electron chi connectivity index (χ4n) is 1.42. The van der Waals surface area contributed by atoms with Gasteiger partial charge in [-0.3, -0.25) is 4.79 Å². The van der Waals surface area contributed by atoms with Crippen molar-refractivity contribution in [3.05, 3.63) is 11.1 Å². The molecule has 0 unspecified atom stereocenters. The number of anilines is 1. The molecule has 0 aliphatic heterocycles. The van der Waals surface area contributed by atoms with Crippen LogP contribution in [-0.4, -0.2) is 40.3 Å². The predicted molar refractivity (Wildman–Crippen MR) is 80.8 cm³/mol. The largest absolute Gasteiger partial charge is 0.481 e. The van der Waals surface area contributed by atoms with Crippen molar-refractivity contribution < 1.29 is 19.4 Å². The summed E-state index contributed by atoms with van der Waals surface area (Å²) in [5.41, 5.74) is -0.0131. The van der Waals surface area contributed by atoms with Crippen LogP contribution in [-0.2, 0) is 16.0 Å². The molecule has 0 aliphatic rings. The van der Waals surface area contributed by atoms with Crippen LogP contribution in [0.2, 0.25) is 0 Å². The number of rotatable bonds is 6. The zero-order valence-electron chi connectivity index (χ0n) is 12.6. The minimum Gasteiger partial charge on any atom is -0.481 e. The average Bonchev–Trinajstić information content (AvgIpc) is 2.70. The van der Waals surface area contributed by atoms with Gasteiger partial charge in [0.15, 0.2) is 5.13 Å². The van der Waals surface area contributed by atoms with Crippen LogP contribution in [0.25, 0.3) is 0 Å². The van der Waals surface area contributed by atoms with Gasteiger partial charge in [-0.25, -0.2) is 9.78 Å². The van der Waals surface area contributed by atoms with Crippen LogP contribution in [0.1, 0.15) is 33.4 Å². The fraction of sp³-hybridized carbons (Fsp3) is 0.615. The summed E-state index contributed by atoms with van der Waals surface area (Å²) in [6.07, 6.45) is -0.563. The smallest absolute Gasteiger partial charge is 0.407 e. The predicted octanol–water partition coefficient (Wildman–Crippen LogP) is 2.10. The molecule has 3 N–H and O–H groups in total. The Morgan fingerprint density at radius 1 is 1.48 bits per heavy atom. The van der Waals surface area contributed by atoms with Gasteiger partial charge in [-0.05, 0) is 27.7 Å². The van der Waals surface area contributed by atoms with Gasteiger partial charge < -0.3 is 20.5 Å². The van der Waals surface area contributed by atoms with E-state index < -0.39 is 17.7 Å². The third kappa shape index (κ3) is 7.50.